The molecule has 2 rings (SSSR count). The number of carbonyl (C=O) groups excluding carboxylic acids is 1. The van der Waals surface area contributed by atoms with E-state index in [2.05, 4.69) is 6.07 Å². The van der Waals surface area contributed by atoms with Gasteiger partial charge in [0.25, 0.3) is 0 Å². The Morgan fingerprint density at radius 3 is 2.61 bits per heavy atom. The largest absolute Gasteiger partial charge is 0.378 e. The standard InChI is InChI=1S/C13H20N2O2S/c1-10-7-11(8-17-10)12(16)15-5-3-13(9-14,18-2)4-6-15/h10-11H,3-8H2,1-2H3. The Bertz CT molecular complexity index is 358. The molecule has 1 amide bonds. The zero-order valence-electron chi connectivity index (χ0n) is 11.0. The van der Waals surface area contributed by atoms with Gasteiger partial charge < -0.3 is 9.64 Å². The first-order valence-electron chi connectivity index (χ1n) is 6.47. The summed E-state index contributed by atoms with van der Waals surface area (Å²) in [7, 11) is 0. The van der Waals surface area contributed by atoms with Crippen LogP contribution in [0.2, 0.25) is 0 Å². The molecule has 0 aromatic rings. The minimum Gasteiger partial charge on any atom is -0.378 e. The number of amides is 1. The zero-order chi connectivity index (χ0) is 13.2. The second-order valence-corrected chi connectivity index (χ2v) is 6.40. The fourth-order valence-corrected chi connectivity index (χ4v) is 3.38. The smallest absolute Gasteiger partial charge is 0.228 e. The third kappa shape index (κ3) is 2.65. The van der Waals surface area contributed by atoms with Crippen molar-refractivity contribution in [2.45, 2.75) is 37.0 Å². The molecule has 5 heteroatoms. The van der Waals surface area contributed by atoms with Gasteiger partial charge >= 0.3 is 0 Å². The number of nitriles is 1. The van der Waals surface area contributed by atoms with Gasteiger partial charge in [0.1, 0.15) is 4.75 Å². The third-order valence-corrected chi connectivity index (χ3v) is 5.31. The molecule has 100 valence electrons. The van der Waals surface area contributed by atoms with Crippen LogP contribution >= 0.6 is 11.8 Å². The number of carbonyl (C=O) groups is 1. The number of hydrogen-bond acceptors (Lipinski definition) is 4. The Labute approximate surface area is 113 Å². The Kier molecular flexibility index (Phi) is 4.18. The number of ether oxygens (including phenoxy) is 1. The minimum absolute atomic E-state index is 0.0314. The van der Waals surface area contributed by atoms with Crippen molar-refractivity contribution in [2.75, 3.05) is 26.0 Å². The maximum atomic E-state index is 12.3. The molecule has 0 saturated carbocycles. The van der Waals surface area contributed by atoms with Crippen molar-refractivity contribution in [3.8, 4) is 6.07 Å². The van der Waals surface area contributed by atoms with Crippen LogP contribution in [-0.4, -0.2) is 47.6 Å². The van der Waals surface area contributed by atoms with Crippen LogP contribution in [-0.2, 0) is 9.53 Å². The van der Waals surface area contributed by atoms with Gasteiger partial charge in [-0.15, -0.1) is 11.8 Å². The molecule has 2 atom stereocenters. The Hall–Kier alpha value is -0.730. The normalized spacial score (nSPS) is 31.1. The lowest BCUT2D eigenvalue weighted by atomic mass is 9.95. The second kappa shape index (κ2) is 5.50. The van der Waals surface area contributed by atoms with Gasteiger partial charge in [-0.2, -0.15) is 5.26 Å². The van der Waals surface area contributed by atoms with Gasteiger partial charge in [0.05, 0.1) is 24.7 Å². The summed E-state index contributed by atoms with van der Waals surface area (Å²) in [4.78, 5) is 14.2. The molecule has 2 aliphatic heterocycles. The van der Waals surface area contributed by atoms with Crippen molar-refractivity contribution in [3.05, 3.63) is 0 Å². The van der Waals surface area contributed by atoms with Crippen LogP contribution in [0.15, 0.2) is 0 Å². The monoisotopic (exact) mass is 268 g/mol. The highest BCUT2D eigenvalue weighted by Crippen LogP contribution is 2.34. The topological polar surface area (TPSA) is 53.3 Å². The highest BCUT2D eigenvalue weighted by Gasteiger charge is 2.38. The number of hydrogen-bond donors (Lipinski definition) is 0. The predicted molar refractivity (Wildman–Crippen MR) is 71.2 cm³/mol. The molecule has 0 spiro atoms. The Morgan fingerprint density at radius 2 is 2.17 bits per heavy atom. The molecular weight excluding hydrogens is 248 g/mol. The van der Waals surface area contributed by atoms with E-state index in [1.165, 1.54) is 0 Å². The van der Waals surface area contributed by atoms with E-state index in [1.807, 2.05) is 18.1 Å². The lowest BCUT2D eigenvalue weighted by Gasteiger charge is -2.37. The summed E-state index contributed by atoms with van der Waals surface area (Å²) in [6.45, 7) is 3.98. The highest BCUT2D eigenvalue weighted by atomic mass is 32.2. The fourth-order valence-electron chi connectivity index (χ4n) is 2.70. The third-order valence-electron chi connectivity index (χ3n) is 4.02. The first-order chi connectivity index (χ1) is 8.60. The predicted octanol–water partition coefficient (Wildman–Crippen LogP) is 1.66. The SMILES string of the molecule is CSC1(C#N)CCN(C(=O)C2COC(C)C2)CC1. The van der Waals surface area contributed by atoms with Crippen molar-refractivity contribution in [1.29, 1.82) is 5.26 Å². The quantitative estimate of drug-likeness (QED) is 0.764. The number of piperidine rings is 1. The summed E-state index contributed by atoms with van der Waals surface area (Å²) in [5.41, 5.74) is 0. The van der Waals surface area contributed by atoms with Crippen molar-refractivity contribution in [1.82, 2.24) is 4.90 Å². The van der Waals surface area contributed by atoms with Gasteiger partial charge in [0.2, 0.25) is 5.91 Å². The van der Waals surface area contributed by atoms with E-state index in [0.29, 0.717) is 19.7 Å². The molecule has 2 heterocycles. The number of rotatable bonds is 2. The van der Waals surface area contributed by atoms with Crippen LogP contribution in [0.4, 0.5) is 0 Å². The van der Waals surface area contributed by atoms with E-state index in [9.17, 15) is 10.1 Å². The van der Waals surface area contributed by atoms with Crippen molar-refractivity contribution >= 4 is 17.7 Å². The molecule has 2 fully saturated rings. The molecule has 0 bridgehead atoms. The van der Waals surface area contributed by atoms with Gasteiger partial charge in [-0.05, 0) is 32.4 Å². The summed E-state index contributed by atoms with van der Waals surface area (Å²) >= 11 is 1.62. The van der Waals surface area contributed by atoms with Crippen LogP contribution in [0, 0.1) is 17.2 Å². The van der Waals surface area contributed by atoms with Gasteiger partial charge in [0, 0.05) is 13.1 Å². The van der Waals surface area contributed by atoms with Crippen molar-refractivity contribution in [2.24, 2.45) is 5.92 Å². The minimum atomic E-state index is -0.282. The molecule has 0 aromatic heterocycles. The highest BCUT2D eigenvalue weighted by molar-refractivity contribution is 8.00. The molecule has 0 aromatic carbocycles. The van der Waals surface area contributed by atoms with Crippen LogP contribution in [0.5, 0.6) is 0 Å². The molecular formula is C13H20N2O2S. The fraction of sp³-hybridized carbons (Fsp3) is 0.846. The molecule has 0 N–H and O–H groups in total. The molecule has 0 radical (unpaired) electrons. The zero-order valence-corrected chi connectivity index (χ0v) is 11.8. The average Bonchev–Trinajstić information content (AvgIpc) is 2.85. The maximum Gasteiger partial charge on any atom is 0.228 e. The van der Waals surface area contributed by atoms with Gasteiger partial charge in [-0.25, -0.2) is 0 Å². The number of likely N-dealkylation sites (tertiary alicyclic amines) is 1. The van der Waals surface area contributed by atoms with Crippen LogP contribution in [0.1, 0.15) is 26.2 Å². The lowest BCUT2D eigenvalue weighted by Crippen LogP contribution is -2.46. The van der Waals surface area contributed by atoms with Crippen LogP contribution in [0.25, 0.3) is 0 Å². The Morgan fingerprint density at radius 1 is 1.50 bits per heavy atom. The average molecular weight is 268 g/mol. The molecule has 0 aliphatic carbocycles. The second-order valence-electron chi connectivity index (χ2n) is 5.21. The van der Waals surface area contributed by atoms with Crippen molar-refractivity contribution < 1.29 is 9.53 Å². The van der Waals surface area contributed by atoms with Gasteiger partial charge in [-0.1, -0.05) is 0 Å². The molecule has 2 aliphatic rings. The summed E-state index contributed by atoms with van der Waals surface area (Å²) in [6.07, 6.45) is 4.57. The van der Waals surface area contributed by atoms with E-state index < -0.39 is 0 Å². The Balaban J connectivity index is 1.90. The maximum absolute atomic E-state index is 12.3. The lowest BCUT2D eigenvalue weighted by molar-refractivity contribution is -0.136. The van der Waals surface area contributed by atoms with Crippen LogP contribution in [0.3, 0.4) is 0 Å². The molecule has 18 heavy (non-hydrogen) atoms. The summed E-state index contributed by atoms with van der Waals surface area (Å²) in [6, 6.07) is 2.40. The first-order valence-corrected chi connectivity index (χ1v) is 7.69. The first kappa shape index (κ1) is 13.7. The summed E-state index contributed by atoms with van der Waals surface area (Å²) in [5, 5.41) is 9.22. The van der Waals surface area contributed by atoms with Crippen LogP contribution < -0.4 is 0 Å². The summed E-state index contributed by atoms with van der Waals surface area (Å²) in [5.74, 6) is 0.246. The van der Waals surface area contributed by atoms with E-state index >= 15 is 0 Å². The molecule has 2 saturated heterocycles. The number of thioether (sulfide) groups is 1. The van der Waals surface area contributed by atoms with E-state index in [4.69, 9.17) is 4.74 Å². The van der Waals surface area contributed by atoms with Gasteiger partial charge in [-0.3, -0.25) is 4.79 Å². The van der Waals surface area contributed by atoms with Gasteiger partial charge in [0.15, 0.2) is 0 Å². The van der Waals surface area contributed by atoms with E-state index in [-0.39, 0.29) is 22.7 Å². The van der Waals surface area contributed by atoms with E-state index in [0.717, 1.165) is 19.3 Å². The summed E-state index contributed by atoms with van der Waals surface area (Å²) < 4.78 is 5.18. The molecule has 4 nitrogen and oxygen atoms in total. The molecule has 2 unspecified atom stereocenters. The number of nitrogens with zero attached hydrogens (tertiary/aromatic N) is 2. The van der Waals surface area contributed by atoms with Crippen molar-refractivity contribution in [3.63, 3.8) is 0 Å². The van der Waals surface area contributed by atoms with E-state index in [1.54, 1.807) is 11.8 Å².